The average Bonchev–Trinajstić information content (AvgIpc) is 3.34. The van der Waals surface area contributed by atoms with Crippen LogP contribution in [0.5, 0.6) is 11.5 Å². The van der Waals surface area contributed by atoms with Crippen LogP contribution in [-0.2, 0) is 52.4 Å². The normalized spacial score (nSPS) is 13.9. The molecular formula is C59H132O10Si10. The highest BCUT2D eigenvalue weighted by Gasteiger charge is 2.44. The molecule has 0 spiro atoms. The molecule has 0 radical (unpaired) electrons. The SMILES string of the molecule is CCCC[SiH](C)C.CCCC[SiH](C)C.CCCC[Si](C)(C)O[Si](C)(C)O[Si](C)(CCCc1cc(C(C)(C)c2ccc(O)c(CCC[Si](C)(OC)O[Si](C)(C)O[Si](C)(C)CCCC)c2)ccc1O)OC.CO[SiH](C)C.CO[SiH](C)C. The summed E-state index contributed by atoms with van der Waals surface area (Å²) in [7, 11) is -8.00. The molecular weight excluding hydrogens is 1150 g/mol. The summed E-state index contributed by atoms with van der Waals surface area (Å²) in [5.74, 6) is 0.621. The van der Waals surface area contributed by atoms with E-state index in [-0.39, 0.29) is 23.0 Å². The minimum absolute atomic E-state index is 0.188. The lowest BCUT2D eigenvalue weighted by atomic mass is 9.76. The smallest absolute Gasteiger partial charge is 0.325 e. The summed E-state index contributed by atoms with van der Waals surface area (Å²) in [6.07, 6.45) is 13.6. The molecule has 0 aliphatic rings. The van der Waals surface area contributed by atoms with Crippen molar-refractivity contribution in [3.63, 3.8) is 0 Å². The molecule has 0 bridgehead atoms. The Morgan fingerprint density at radius 1 is 0.430 bits per heavy atom. The fourth-order valence-corrected chi connectivity index (χ4v) is 38.3. The van der Waals surface area contributed by atoms with Crippen LogP contribution in [0.4, 0.5) is 0 Å². The van der Waals surface area contributed by atoms with E-state index in [1.165, 1.54) is 63.5 Å². The van der Waals surface area contributed by atoms with E-state index in [1.54, 1.807) is 28.4 Å². The number of aromatic hydroxyl groups is 2. The largest absolute Gasteiger partial charge is 0.508 e. The summed E-state index contributed by atoms with van der Waals surface area (Å²) in [4.78, 5) is 0. The molecule has 2 aromatic rings. The Kier molecular flexibility index (Phi) is 44.9. The summed E-state index contributed by atoms with van der Waals surface area (Å²) in [6.45, 7) is 53.7. The maximum absolute atomic E-state index is 11.0. The molecule has 0 aromatic heterocycles. The van der Waals surface area contributed by atoms with Crippen LogP contribution in [0.3, 0.4) is 0 Å². The van der Waals surface area contributed by atoms with Gasteiger partial charge in [0.2, 0.25) is 0 Å². The Balaban J connectivity index is -0.00000198. The molecule has 2 unspecified atom stereocenters. The lowest BCUT2D eigenvalue weighted by Crippen LogP contribution is -2.54. The number of phenolic OH excluding ortho intramolecular Hbond substituents is 2. The van der Waals surface area contributed by atoms with E-state index in [4.69, 9.17) is 34.2 Å². The summed E-state index contributed by atoms with van der Waals surface area (Å²) >= 11 is 0. The van der Waals surface area contributed by atoms with Crippen LogP contribution in [0, 0.1) is 0 Å². The van der Waals surface area contributed by atoms with Gasteiger partial charge < -0.3 is 44.4 Å². The molecule has 10 nitrogen and oxygen atoms in total. The van der Waals surface area contributed by atoms with E-state index in [0.29, 0.717) is 11.5 Å². The fourth-order valence-electron chi connectivity index (χ4n) is 9.05. The highest BCUT2D eigenvalue weighted by Crippen LogP contribution is 2.38. The molecule has 0 aliphatic heterocycles. The molecule has 0 saturated carbocycles. The van der Waals surface area contributed by atoms with Crippen LogP contribution in [0.2, 0.25) is 154 Å². The van der Waals surface area contributed by atoms with Gasteiger partial charge in [0.1, 0.15) is 11.5 Å². The summed E-state index contributed by atoms with van der Waals surface area (Å²) in [6, 6.07) is 19.0. The quantitative estimate of drug-likeness (QED) is 0.0657. The Morgan fingerprint density at radius 2 is 0.722 bits per heavy atom. The van der Waals surface area contributed by atoms with E-state index in [2.05, 4.69) is 172 Å². The Bertz CT molecular complexity index is 1710. The second-order valence-electron chi connectivity index (χ2n) is 26.3. The third kappa shape index (κ3) is 41.6. The van der Waals surface area contributed by atoms with Gasteiger partial charge in [-0.15, -0.1) is 0 Å². The highest BCUT2D eigenvalue weighted by atomic mass is 28.5. The zero-order chi connectivity index (χ0) is 61.9. The van der Waals surface area contributed by atoms with Gasteiger partial charge in [-0.2, -0.15) is 0 Å². The maximum atomic E-state index is 11.0. The topological polar surface area (TPSA) is 114 Å². The van der Waals surface area contributed by atoms with E-state index in [0.717, 1.165) is 72.1 Å². The first kappa shape index (κ1) is 83.1. The van der Waals surface area contributed by atoms with Gasteiger partial charge in [0, 0.05) is 51.4 Å². The Labute approximate surface area is 504 Å². The second kappa shape index (κ2) is 42.7. The van der Waals surface area contributed by atoms with Crippen molar-refractivity contribution in [2.24, 2.45) is 0 Å². The number of benzene rings is 2. The lowest BCUT2D eigenvalue weighted by Gasteiger charge is -2.39. The molecule has 0 aliphatic carbocycles. The van der Waals surface area contributed by atoms with Gasteiger partial charge in [-0.05, 0) is 176 Å². The van der Waals surface area contributed by atoms with Gasteiger partial charge in [0.05, 0.1) is 0 Å². The van der Waals surface area contributed by atoms with Crippen molar-refractivity contribution in [1.29, 1.82) is 0 Å². The molecule has 0 amide bonds. The molecule has 79 heavy (non-hydrogen) atoms. The standard InChI is InChI=1S/C41H80O8Si6.2C6H16Si.2C3H10OSi/c1-17-19-29-50(7,8)46-52(11,12)48-54(15,44-5)31-21-23-35-33-37(25-27-39(35)42)41(3,4)38-26-28-40(43)36(34-38)24-22-32-55(16,45-6)49-53(13,14)47-51(9,10)30-20-18-2;2*1-4-5-6-7(2)3;2*1-4-5(2)3/h25-28,33-34,42-43H,17-24,29-32H2,1-16H3;2*7H,4-6H2,1-3H3;2*5H,1-3H3. The van der Waals surface area contributed by atoms with Crippen LogP contribution >= 0.6 is 0 Å². The number of aryl methyl sites for hydroxylation is 2. The number of rotatable bonds is 34. The summed E-state index contributed by atoms with van der Waals surface area (Å²) in [5, 5.41) is 21.9. The van der Waals surface area contributed by atoms with Crippen molar-refractivity contribution in [3.05, 3.63) is 58.7 Å². The molecule has 2 atom stereocenters. The molecule has 0 saturated heterocycles. The first-order valence-corrected chi connectivity index (χ1v) is 59.7. The molecule has 0 fully saturated rings. The Morgan fingerprint density at radius 3 is 0.949 bits per heavy atom. The molecule has 2 N–H and O–H groups in total. The van der Waals surface area contributed by atoms with Crippen molar-refractivity contribution in [2.75, 3.05) is 28.4 Å². The van der Waals surface area contributed by atoms with Gasteiger partial charge in [0.15, 0.2) is 34.7 Å². The van der Waals surface area contributed by atoms with Crippen LogP contribution < -0.4 is 0 Å². The summed E-state index contributed by atoms with van der Waals surface area (Å²) in [5.41, 5.74) is 3.73. The number of hydrogen-bond acceptors (Lipinski definition) is 10. The van der Waals surface area contributed by atoms with Gasteiger partial charge >= 0.3 is 34.2 Å². The second-order valence-corrected chi connectivity index (χ2v) is 61.4. The number of phenols is 2. The summed E-state index contributed by atoms with van der Waals surface area (Å²) < 4.78 is 49.0. The molecule has 2 aromatic carbocycles. The number of unbranched alkanes of at least 4 members (excludes halogenated alkanes) is 4. The van der Waals surface area contributed by atoms with Crippen molar-refractivity contribution < 1.29 is 44.4 Å². The molecule has 2 rings (SSSR count). The Hall–Kier alpha value is -0.111. The molecule has 468 valence electrons. The third-order valence-corrected chi connectivity index (χ3v) is 42.2. The van der Waals surface area contributed by atoms with E-state index >= 15 is 0 Å². The third-order valence-electron chi connectivity index (χ3n) is 14.1. The van der Waals surface area contributed by atoms with Crippen molar-refractivity contribution in [2.45, 2.75) is 278 Å². The van der Waals surface area contributed by atoms with Crippen LogP contribution in [0.25, 0.3) is 0 Å². The van der Waals surface area contributed by atoms with Gasteiger partial charge in [0.25, 0.3) is 0 Å². The fraction of sp³-hybridized carbons (Fsp3) is 0.797. The van der Waals surface area contributed by atoms with Gasteiger partial charge in [-0.25, -0.2) is 0 Å². The van der Waals surface area contributed by atoms with Gasteiger partial charge in [-0.1, -0.05) is 155 Å². The van der Waals surface area contributed by atoms with Crippen molar-refractivity contribution in [1.82, 2.24) is 0 Å². The first-order chi connectivity index (χ1) is 36.3. The zero-order valence-electron chi connectivity index (χ0n) is 57.2. The van der Waals surface area contributed by atoms with Crippen LogP contribution in [0.1, 0.15) is 128 Å². The molecule has 0 heterocycles. The minimum atomic E-state index is -2.49. The zero-order valence-corrected chi connectivity index (χ0v) is 67.8. The predicted molar refractivity (Wildman–Crippen MR) is 375 cm³/mol. The first-order valence-electron chi connectivity index (χ1n) is 31.0. The maximum Gasteiger partial charge on any atom is 0.325 e. The average molecular weight is 1280 g/mol. The van der Waals surface area contributed by atoms with Crippen LogP contribution in [-0.4, -0.2) is 125 Å². The highest BCUT2D eigenvalue weighted by molar-refractivity contribution is 6.87. The minimum Gasteiger partial charge on any atom is -0.508 e. The van der Waals surface area contributed by atoms with E-state index in [9.17, 15) is 10.2 Å². The number of hydrogen-bond donors (Lipinski definition) is 2. The van der Waals surface area contributed by atoms with Crippen molar-refractivity contribution >= 4 is 86.6 Å². The van der Waals surface area contributed by atoms with Gasteiger partial charge in [-0.3, -0.25) is 0 Å². The van der Waals surface area contributed by atoms with E-state index < -0.39 is 69.0 Å². The monoisotopic (exact) mass is 1280 g/mol. The molecule has 20 heteroatoms. The van der Waals surface area contributed by atoms with E-state index in [1.807, 2.05) is 24.3 Å². The van der Waals surface area contributed by atoms with Crippen molar-refractivity contribution in [3.8, 4) is 11.5 Å². The lowest BCUT2D eigenvalue weighted by molar-refractivity contribution is 0.269. The van der Waals surface area contributed by atoms with Crippen LogP contribution in [0.15, 0.2) is 36.4 Å². The predicted octanol–water partition coefficient (Wildman–Crippen LogP) is 18.0.